The Hall–Kier alpha value is -2.96. The summed E-state index contributed by atoms with van der Waals surface area (Å²) >= 11 is 1.51. The molecule has 0 bridgehead atoms. The molecule has 2 aromatic heterocycles. The van der Waals surface area contributed by atoms with Crippen LogP contribution in [0.2, 0.25) is 0 Å². The van der Waals surface area contributed by atoms with Crippen molar-refractivity contribution in [3.8, 4) is 16.9 Å². The second-order valence-corrected chi connectivity index (χ2v) is 8.67. The number of aliphatic hydroxyl groups excluding tert-OH is 1. The van der Waals surface area contributed by atoms with Crippen molar-refractivity contribution in [2.45, 2.75) is 33.4 Å². The molecular weight excluding hydrogens is 396 g/mol. The van der Waals surface area contributed by atoms with Crippen molar-refractivity contribution in [3.05, 3.63) is 81.2 Å². The maximum atomic E-state index is 13.2. The van der Waals surface area contributed by atoms with Crippen LogP contribution in [0.1, 0.15) is 16.0 Å². The molecule has 2 aromatic carbocycles. The van der Waals surface area contributed by atoms with Gasteiger partial charge in [-0.2, -0.15) is 0 Å². The van der Waals surface area contributed by atoms with Crippen LogP contribution in [0.5, 0.6) is 5.75 Å². The summed E-state index contributed by atoms with van der Waals surface area (Å²) in [7, 11) is 0. The Morgan fingerprint density at radius 3 is 2.47 bits per heavy atom. The number of para-hydroxylation sites is 1. The summed E-state index contributed by atoms with van der Waals surface area (Å²) in [4.78, 5) is 19.5. The standard InChI is InChI=1S/C24H24N2O3S/c1-15-8-7-9-16(2)22(15)29-13-19(27)12-26-14-25-23-21(24(26)28)20(17(3)30-23)18-10-5-4-6-11-18/h4-11,14,19,27H,12-13H2,1-3H3. The number of aryl methyl sites for hydroxylation is 3. The lowest BCUT2D eigenvalue weighted by Crippen LogP contribution is -2.30. The third kappa shape index (κ3) is 3.88. The number of aromatic nitrogens is 2. The van der Waals surface area contributed by atoms with Gasteiger partial charge in [0.25, 0.3) is 5.56 Å². The van der Waals surface area contributed by atoms with Crippen molar-refractivity contribution in [2.75, 3.05) is 6.61 Å². The van der Waals surface area contributed by atoms with Crippen molar-refractivity contribution >= 4 is 21.6 Å². The van der Waals surface area contributed by atoms with Gasteiger partial charge in [-0.3, -0.25) is 9.36 Å². The molecule has 2 heterocycles. The lowest BCUT2D eigenvalue weighted by Gasteiger charge is -2.16. The van der Waals surface area contributed by atoms with Gasteiger partial charge >= 0.3 is 0 Å². The van der Waals surface area contributed by atoms with Gasteiger partial charge < -0.3 is 9.84 Å². The molecular formula is C24H24N2O3S. The topological polar surface area (TPSA) is 64.3 Å². The number of nitrogens with zero attached hydrogens (tertiary/aromatic N) is 2. The molecule has 1 unspecified atom stereocenters. The molecule has 0 saturated heterocycles. The predicted molar refractivity (Wildman–Crippen MR) is 121 cm³/mol. The number of benzene rings is 2. The number of ether oxygens (including phenoxy) is 1. The zero-order valence-corrected chi connectivity index (χ0v) is 18.1. The fourth-order valence-electron chi connectivity index (χ4n) is 3.71. The molecule has 0 aliphatic rings. The fraction of sp³-hybridized carbons (Fsp3) is 0.250. The summed E-state index contributed by atoms with van der Waals surface area (Å²) in [5.74, 6) is 0.775. The molecule has 154 valence electrons. The quantitative estimate of drug-likeness (QED) is 0.499. The van der Waals surface area contributed by atoms with E-state index in [-0.39, 0.29) is 18.7 Å². The number of hydrogen-bond donors (Lipinski definition) is 1. The van der Waals surface area contributed by atoms with Gasteiger partial charge in [0.05, 0.1) is 18.3 Å². The van der Waals surface area contributed by atoms with E-state index in [1.807, 2.05) is 69.3 Å². The second-order valence-electron chi connectivity index (χ2n) is 7.47. The minimum Gasteiger partial charge on any atom is -0.490 e. The zero-order valence-electron chi connectivity index (χ0n) is 17.3. The smallest absolute Gasteiger partial charge is 0.262 e. The highest BCUT2D eigenvalue weighted by molar-refractivity contribution is 7.19. The highest BCUT2D eigenvalue weighted by Crippen LogP contribution is 2.35. The van der Waals surface area contributed by atoms with Crippen LogP contribution in [0.15, 0.2) is 59.7 Å². The largest absolute Gasteiger partial charge is 0.490 e. The summed E-state index contributed by atoms with van der Waals surface area (Å²) in [6, 6.07) is 15.8. The molecule has 0 amide bonds. The van der Waals surface area contributed by atoms with Crippen LogP contribution in [-0.4, -0.2) is 27.4 Å². The van der Waals surface area contributed by atoms with E-state index in [9.17, 15) is 9.90 Å². The van der Waals surface area contributed by atoms with Crippen molar-refractivity contribution in [1.82, 2.24) is 9.55 Å². The highest BCUT2D eigenvalue weighted by atomic mass is 32.1. The predicted octanol–water partition coefficient (Wildman–Crippen LogP) is 4.49. The van der Waals surface area contributed by atoms with Gasteiger partial charge in [-0.15, -0.1) is 11.3 Å². The average Bonchev–Trinajstić information content (AvgIpc) is 3.07. The Kier molecular flexibility index (Phi) is 5.70. The Morgan fingerprint density at radius 2 is 1.77 bits per heavy atom. The molecule has 1 N–H and O–H groups in total. The van der Waals surface area contributed by atoms with Gasteiger partial charge in [0.15, 0.2) is 0 Å². The maximum Gasteiger partial charge on any atom is 0.262 e. The van der Waals surface area contributed by atoms with E-state index in [1.54, 1.807) is 0 Å². The van der Waals surface area contributed by atoms with E-state index < -0.39 is 6.10 Å². The first kappa shape index (κ1) is 20.3. The van der Waals surface area contributed by atoms with E-state index in [2.05, 4.69) is 4.98 Å². The van der Waals surface area contributed by atoms with Crippen molar-refractivity contribution in [2.24, 2.45) is 0 Å². The molecule has 0 spiro atoms. The van der Waals surface area contributed by atoms with Gasteiger partial charge in [-0.1, -0.05) is 48.5 Å². The molecule has 5 nitrogen and oxygen atoms in total. The van der Waals surface area contributed by atoms with Crippen LogP contribution in [0.25, 0.3) is 21.3 Å². The van der Waals surface area contributed by atoms with E-state index in [0.717, 1.165) is 32.9 Å². The van der Waals surface area contributed by atoms with Crippen LogP contribution >= 0.6 is 11.3 Å². The molecule has 0 saturated carbocycles. The number of hydrogen-bond acceptors (Lipinski definition) is 5. The molecule has 0 fully saturated rings. The minimum absolute atomic E-state index is 0.102. The molecule has 4 aromatic rings. The van der Waals surface area contributed by atoms with Crippen LogP contribution < -0.4 is 10.3 Å². The van der Waals surface area contributed by atoms with Crippen molar-refractivity contribution < 1.29 is 9.84 Å². The van der Waals surface area contributed by atoms with Crippen LogP contribution in [0, 0.1) is 20.8 Å². The molecule has 6 heteroatoms. The first-order valence-electron chi connectivity index (χ1n) is 9.86. The average molecular weight is 421 g/mol. The van der Waals surface area contributed by atoms with Crippen molar-refractivity contribution in [3.63, 3.8) is 0 Å². The van der Waals surface area contributed by atoms with Crippen LogP contribution in [0.3, 0.4) is 0 Å². The monoisotopic (exact) mass is 420 g/mol. The Bertz CT molecular complexity index is 1220. The summed E-state index contributed by atoms with van der Waals surface area (Å²) in [5.41, 5.74) is 3.81. The molecule has 30 heavy (non-hydrogen) atoms. The SMILES string of the molecule is Cc1cccc(C)c1OCC(O)Cn1cnc2sc(C)c(-c3ccccc3)c2c1=O. The summed E-state index contributed by atoms with van der Waals surface area (Å²) < 4.78 is 7.31. The van der Waals surface area contributed by atoms with E-state index in [4.69, 9.17) is 4.74 Å². The van der Waals surface area contributed by atoms with Gasteiger partial charge in [-0.25, -0.2) is 4.98 Å². The third-order valence-electron chi connectivity index (χ3n) is 5.15. The Balaban J connectivity index is 1.61. The Labute approximate surface area is 179 Å². The van der Waals surface area contributed by atoms with Crippen LogP contribution in [0.4, 0.5) is 0 Å². The number of rotatable bonds is 6. The van der Waals surface area contributed by atoms with Gasteiger partial charge in [0.2, 0.25) is 0 Å². The van der Waals surface area contributed by atoms with E-state index >= 15 is 0 Å². The van der Waals surface area contributed by atoms with Crippen molar-refractivity contribution in [1.29, 1.82) is 0 Å². The molecule has 0 radical (unpaired) electrons. The van der Waals surface area contributed by atoms with Gasteiger partial charge in [-0.05, 0) is 37.5 Å². The number of aliphatic hydroxyl groups is 1. The van der Waals surface area contributed by atoms with Crippen LogP contribution in [-0.2, 0) is 6.54 Å². The summed E-state index contributed by atoms with van der Waals surface area (Å²) in [6.07, 6.45) is 0.679. The number of fused-ring (bicyclic) bond motifs is 1. The second kappa shape index (κ2) is 8.42. The fourth-order valence-corrected chi connectivity index (χ4v) is 4.71. The third-order valence-corrected chi connectivity index (χ3v) is 6.17. The minimum atomic E-state index is -0.833. The van der Waals surface area contributed by atoms with E-state index in [0.29, 0.717) is 10.2 Å². The zero-order chi connectivity index (χ0) is 21.3. The lowest BCUT2D eigenvalue weighted by molar-refractivity contribution is 0.0908. The number of thiophene rings is 1. The lowest BCUT2D eigenvalue weighted by atomic mass is 10.0. The highest BCUT2D eigenvalue weighted by Gasteiger charge is 2.18. The van der Waals surface area contributed by atoms with Gasteiger partial charge in [0, 0.05) is 10.4 Å². The first-order valence-corrected chi connectivity index (χ1v) is 10.7. The van der Waals surface area contributed by atoms with Gasteiger partial charge in [0.1, 0.15) is 23.3 Å². The summed E-state index contributed by atoms with van der Waals surface area (Å²) in [6.45, 7) is 6.17. The van der Waals surface area contributed by atoms with E-state index in [1.165, 1.54) is 22.2 Å². The summed E-state index contributed by atoms with van der Waals surface area (Å²) in [5, 5.41) is 11.1. The normalized spacial score (nSPS) is 12.3. The molecule has 4 rings (SSSR count). The molecule has 1 atom stereocenters. The Morgan fingerprint density at radius 1 is 1.07 bits per heavy atom. The molecule has 0 aliphatic carbocycles. The molecule has 0 aliphatic heterocycles. The maximum absolute atomic E-state index is 13.2. The first-order chi connectivity index (χ1) is 14.5.